The van der Waals surface area contributed by atoms with Gasteiger partial charge in [0.1, 0.15) is 0 Å². The van der Waals surface area contributed by atoms with Crippen LogP contribution in [-0.2, 0) is 11.2 Å². The van der Waals surface area contributed by atoms with E-state index in [9.17, 15) is 9.90 Å². The van der Waals surface area contributed by atoms with Crippen LogP contribution in [0.1, 0.15) is 18.1 Å². The summed E-state index contributed by atoms with van der Waals surface area (Å²) in [7, 11) is 2.02. The van der Waals surface area contributed by atoms with Crippen molar-refractivity contribution in [1.29, 1.82) is 0 Å². The van der Waals surface area contributed by atoms with Crippen LogP contribution in [0.4, 0.5) is 0 Å². The Labute approximate surface area is 135 Å². The van der Waals surface area contributed by atoms with Crippen molar-refractivity contribution in [3.63, 3.8) is 0 Å². The van der Waals surface area contributed by atoms with Gasteiger partial charge in [0.2, 0.25) is 0 Å². The molecular formula is C18H23N3O2. The van der Waals surface area contributed by atoms with Gasteiger partial charge in [-0.05, 0) is 42.8 Å². The van der Waals surface area contributed by atoms with Gasteiger partial charge in [-0.2, -0.15) is 0 Å². The Hall–Kier alpha value is -2.11. The third-order valence-electron chi connectivity index (χ3n) is 4.59. The fraction of sp³-hybridized carbons (Fsp3) is 0.389. The molecule has 5 nitrogen and oxygen atoms in total. The van der Waals surface area contributed by atoms with Crippen molar-refractivity contribution in [2.45, 2.75) is 19.4 Å². The number of hydrogen-bond acceptors (Lipinski definition) is 3. The number of fused-ring (bicyclic) bond motifs is 2. The minimum atomic E-state index is -0.741. The maximum Gasteiger partial charge on any atom is 0.311 e. The van der Waals surface area contributed by atoms with Gasteiger partial charge in [-0.1, -0.05) is 25.1 Å². The van der Waals surface area contributed by atoms with E-state index < -0.39 is 11.9 Å². The van der Waals surface area contributed by atoms with Gasteiger partial charge in [0.25, 0.3) is 0 Å². The molecule has 2 aromatic rings. The quantitative estimate of drug-likeness (QED) is 0.753. The molecule has 1 aliphatic carbocycles. The second-order valence-electron chi connectivity index (χ2n) is 6.18. The number of nitrogens with two attached hydrogens (primary N) is 1. The van der Waals surface area contributed by atoms with E-state index in [2.05, 4.69) is 28.2 Å². The average molecular weight is 313 g/mol. The Bertz CT molecular complexity index is 763. The van der Waals surface area contributed by atoms with Crippen molar-refractivity contribution in [2.75, 3.05) is 20.1 Å². The van der Waals surface area contributed by atoms with Crippen molar-refractivity contribution in [1.82, 2.24) is 9.88 Å². The highest BCUT2D eigenvalue weighted by Gasteiger charge is 2.35. The van der Waals surface area contributed by atoms with E-state index in [4.69, 9.17) is 5.73 Å². The zero-order valence-electron chi connectivity index (χ0n) is 13.5. The maximum absolute atomic E-state index is 11.3. The number of carbonyl (C=O) groups is 1. The summed E-state index contributed by atoms with van der Waals surface area (Å²) in [5.41, 5.74) is 9.67. The van der Waals surface area contributed by atoms with Gasteiger partial charge in [0.05, 0.1) is 5.92 Å². The van der Waals surface area contributed by atoms with Crippen molar-refractivity contribution in [3.05, 3.63) is 41.6 Å². The molecule has 0 fully saturated rings. The number of nitrogens with zero attached hydrogens (tertiary/aromatic N) is 1. The number of carboxylic acids is 1. The lowest BCUT2D eigenvalue weighted by Gasteiger charge is -2.38. The first kappa shape index (κ1) is 15.8. The SMILES string of the molecule is CCN.CN1C[C@H](C(=O)O)C=C2c3cccc4[nH]cc(c34)C[C@H]21. The predicted molar refractivity (Wildman–Crippen MR) is 92.3 cm³/mol. The standard InChI is InChI=1S/C16H16N2O2.C2H7N/c1-18-8-10(16(19)20)5-12-11-3-2-4-13-15(11)9(7-17-13)6-14(12)18;1-2-3/h2-5,7,10,14,17H,6,8H2,1H3,(H,19,20);2-3H2,1H3/t10-,14-;/m1./s1. The van der Waals surface area contributed by atoms with Crippen LogP contribution in [0.25, 0.3) is 16.5 Å². The lowest BCUT2D eigenvalue weighted by atomic mass is 9.80. The molecule has 0 amide bonds. The Kier molecular flexibility index (Phi) is 4.24. The zero-order chi connectivity index (χ0) is 16.6. The third-order valence-corrected chi connectivity index (χ3v) is 4.59. The molecule has 0 saturated heterocycles. The Morgan fingerprint density at radius 3 is 2.91 bits per heavy atom. The van der Waals surface area contributed by atoms with Gasteiger partial charge in [-0.25, -0.2) is 0 Å². The molecule has 1 aromatic heterocycles. The van der Waals surface area contributed by atoms with Crippen LogP contribution in [0.5, 0.6) is 0 Å². The number of rotatable bonds is 1. The molecule has 2 heterocycles. The molecule has 4 rings (SSSR count). The van der Waals surface area contributed by atoms with E-state index >= 15 is 0 Å². The van der Waals surface area contributed by atoms with E-state index in [1.807, 2.05) is 26.1 Å². The van der Waals surface area contributed by atoms with E-state index in [0.717, 1.165) is 18.5 Å². The van der Waals surface area contributed by atoms with Gasteiger partial charge >= 0.3 is 5.97 Å². The summed E-state index contributed by atoms with van der Waals surface area (Å²) in [5, 5.41) is 10.6. The fourth-order valence-electron chi connectivity index (χ4n) is 3.61. The molecule has 23 heavy (non-hydrogen) atoms. The minimum absolute atomic E-state index is 0.291. The third kappa shape index (κ3) is 2.66. The van der Waals surface area contributed by atoms with Gasteiger partial charge in [-0.3, -0.25) is 9.69 Å². The number of carboxylic acid groups (broad SMARTS) is 1. The Morgan fingerprint density at radius 2 is 2.22 bits per heavy atom. The second-order valence-corrected chi connectivity index (χ2v) is 6.18. The van der Waals surface area contributed by atoms with Crippen molar-refractivity contribution in [3.8, 4) is 0 Å². The number of nitrogens with one attached hydrogen (secondary N) is 1. The topological polar surface area (TPSA) is 82.3 Å². The monoisotopic (exact) mass is 313 g/mol. The molecule has 0 unspecified atom stereocenters. The molecule has 0 bridgehead atoms. The molecule has 122 valence electrons. The summed E-state index contributed by atoms with van der Waals surface area (Å²) in [6.07, 6.45) is 4.99. The Balaban J connectivity index is 0.000000485. The second kappa shape index (κ2) is 6.18. The smallest absolute Gasteiger partial charge is 0.311 e. The number of aromatic nitrogens is 1. The molecule has 2 aliphatic rings. The largest absolute Gasteiger partial charge is 0.481 e. The van der Waals surface area contributed by atoms with Crippen LogP contribution in [-0.4, -0.2) is 47.1 Å². The van der Waals surface area contributed by atoms with Crippen molar-refractivity contribution in [2.24, 2.45) is 11.7 Å². The van der Waals surface area contributed by atoms with Crippen LogP contribution < -0.4 is 5.73 Å². The normalized spacial score (nSPS) is 22.8. The summed E-state index contributed by atoms with van der Waals surface area (Å²) in [4.78, 5) is 16.8. The maximum atomic E-state index is 11.3. The van der Waals surface area contributed by atoms with Gasteiger partial charge in [0, 0.05) is 29.7 Å². The molecule has 0 saturated carbocycles. The summed E-state index contributed by atoms with van der Waals surface area (Å²) in [5.74, 6) is -1.16. The molecule has 1 aromatic carbocycles. The van der Waals surface area contributed by atoms with Crippen molar-refractivity contribution >= 4 is 22.4 Å². The van der Waals surface area contributed by atoms with Gasteiger partial charge in [0.15, 0.2) is 0 Å². The van der Waals surface area contributed by atoms with Gasteiger partial charge < -0.3 is 15.8 Å². The predicted octanol–water partition coefficient (Wildman–Crippen LogP) is 2.09. The first-order valence-corrected chi connectivity index (χ1v) is 8.01. The van der Waals surface area contributed by atoms with Crippen LogP contribution in [0, 0.1) is 5.92 Å². The molecule has 1 aliphatic heterocycles. The number of benzene rings is 1. The van der Waals surface area contributed by atoms with E-state index in [1.54, 1.807) is 0 Å². The number of aromatic amines is 1. The Morgan fingerprint density at radius 1 is 1.48 bits per heavy atom. The summed E-state index contributed by atoms with van der Waals surface area (Å²) in [6, 6.07) is 6.51. The first-order valence-electron chi connectivity index (χ1n) is 8.01. The summed E-state index contributed by atoms with van der Waals surface area (Å²) < 4.78 is 0. The molecule has 5 heteroatoms. The zero-order valence-corrected chi connectivity index (χ0v) is 13.5. The molecular weight excluding hydrogens is 290 g/mol. The van der Waals surface area contributed by atoms with Gasteiger partial charge in [-0.15, -0.1) is 0 Å². The number of H-pyrrole nitrogens is 1. The number of likely N-dealkylation sites (N-methyl/N-ethyl adjacent to an activating group) is 1. The molecule has 0 radical (unpaired) electrons. The summed E-state index contributed by atoms with van der Waals surface area (Å²) in [6.45, 7) is 3.24. The average Bonchev–Trinajstić information content (AvgIpc) is 2.93. The molecule has 2 atom stereocenters. The number of aliphatic carboxylic acids is 1. The first-order chi connectivity index (χ1) is 11.1. The van der Waals surface area contributed by atoms with Crippen molar-refractivity contribution < 1.29 is 9.90 Å². The summed E-state index contributed by atoms with van der Waals surface area (Å²) >= 11 is 0. The highest BCUT2D eigenvalue weighted by molar-refractivity contribution is 5.99. The molecule has 4 N–H and O–H groups in total. The van der Waals surface area contributed by atoms with Crippen LogP contribution in [0.2, 0.25) is 0 Å². The number of hydrogen-bond donors (Lipinski definition) is 3. The van der Waals surface area contributed by atoms with E-state index in [0.29, 0.717) is 12.6 Å². The highest BCUT2D eigenvalue weighted by atomic mass is 16.4. The van der Waals surface area contributed by atoms with E-state index in [-0.39, 0.29) is 0 Å². The minimum Gasteiger partial charge on any atom is -0.481 e. The van der Waals surface area contributed by atoms with Crippen LogP contribution in [0.3, 0.4) is 0 Å². The molecule has 0 spiro atoms. The fourth-order valence-corrected chi connectivity index (χ4v) is 3.61. The van der Waals surface area contributed by atoms with Crippen LogP contribution in [0.15, 0.2) is 30.5 Å². The lowest BCUT2D eigenvalue weighted by Crippen LogP contribution is -2.44. The highest BCUT2D eigenvalue weighted by Crippen LogP contribution is 2.40. The lowest BCUT2D eigenvalue weighted by molar-refractivity contribution is -0.140. The van der Waals surface area contributed by atoms with E-state index in [1.165, 1.54) is 22.1 Å². The van der Waals surface area contributed by atoms with Crippen LogP contribution >= 0.6 is 0 Å².